The van der Waals surface area contributed by atoms with E-state index in [1.165, 1.54) is 12.6 Å². The standard InChI is InChI=1S/C16H26N3O7P/c1-2-3-4-5-6-7-10-8-19(16(21)18-14(10)17)15-12(20)13-11(25-15)9-24-27(22,23)26-13/h8,11-13,15,20H,2-7,9H2,1H3,(H,22,23)(H2,17,18,21)/t11-,12-,13-,15-/m1/s1. The molecule has 0 aliphatic carbocycles. The van der Waals surface area contributed by atoms with E-state index in [2.05, 4.69) is 11.9 Å². The molecule has 0 saturated carbocycles. The molecule has 2 aliphatic heterocycles. The average Bonchev–Trinajstić information content (AvgIpc) is 2.91. The van der Waals surface area contributed by atoms with E-state index in [0.717, 1.165) is 30.3 Å². The Balaban J connectivity index is 1.75. The topological polar surface area (TPSA) is 146 Å². The summed E-state index contributed by atoms with van der Waals surface area (Å²) in [5.41, 5.74) is 5.90. The third-order valence-electron chi connectivity index (χ3n) is 4.85. The lowest BCUT2D eigenvalue weighted by Crippen LogP contribution is -2.40. The number of nitrogens with two attached hydrogens (primary N) is 1. The van der Waals surface area contributed by atoms with Gasteiger partial charge in [-0.25, -0.2) is 9.36 Å². The maximum atomic E-state index is 12.3. The van der Waals surface area contributed by atoms with Gasteiger partial charge in [-0.2, -0.15) is 4.98 Å². The lowest BCUT2D eigenvalue weighted by molar-refractivity contribution is -0.0685. The summed E-state index contributed by atoms with van der Waals surface area (Å²) in [6, 6.07) is 0. The molecular formula is C16H26N3O7P. The van der Waals surface area contributed by atoms with Crippen LogP contribution < -0.4 is 11.4 Å². The summed E-state index contributed by atoms with van der Waals surface area (Å²) in [4.78, 5) is 25.5. The van der Waals surface area contributed by atoms with Gasteiger partial charge in [-0.15, -0.1) is 0 Å². The van der Waals surface area contributed by atoms with Crippen LogP contribution in [-0.2, 0) is 24.8 Å². The molecule has 3 rings (SSSR count). The van der Waals surface area contributed by atoms with Crippen molar-refractivity contribution in [3.05, 3.63) is 22.2 Å². The highest BCUT2D eigenvalue weighted by atomic mass is 31.2. The highest BCUT2D eigenvalue weighted by Gasteiger charge is 2.52. The number of rotatable bonds is 7. The maximum Gasteiger partial charge on any atom is 0.472 e. The zero-order valence-electron chi connectivity index (χ0n) is 15.2. The molecule has 0 spiro atoms. The molecule has 11 heteroatoms. The molecule has 0 amide bonds. The van der Waals surface area contributed by atoms with Gasteiger partial charge in [-0.1, -0.05) is 32.6 Å². The van der Waals surface area contributed by atoms with Crippen molar-refractivity contribution in [1.29, 1.82) is 0 Å². The number of hydrogen-bond donors (Lipinski definition) is 3. The summed E-state index contributed by atoms with van der Waals surface area (Å²) < 4.78 is 28.0. The van der Waals surface area contributed by atoms with Crippen molar-refractivity contribution >= 4 is 13.6 Å². The summed E-state index contributed by atoms with van der Waals surface area (Å²) in [7, 11) is -4.23. The van der Waals surface area contributed by atoms with Crippen LogP contribution in [0.5, 0.6) is 0 Å². The van der Waals surface area contributed by atoms with E-state index >= 15 is 0 Å². The Labute approximate surface area is 156 Å². The normalized spacial score (nSPS) is 33.1. The largest absolute Gasteiger partial charge is 0.472 e. The first-order valence-electron chi connectivity index (χ1n) is 9.19. The first kappa shape index (κ1) is 20.4. The van der Waals surface area contributed by atoms with Crippen molar-refractivity contribution in [2.45, 2.75) is 70.0 Å². The molecule has 10 nitrogen and oxygen atoms in total. The zero-order chi connectivity index (χ0) is 19.6. The van der Waals surface area contributed by atoms with Crippen molar-refractivity contribution in [2.75, 3.05) is 12.3 Å². The number of ether oxygens (including phenoxy) is 1. The minimum Gasteiger partial charge on any atom is -0.386 e. The molecular weight excluding hydrogens is 377 g/mol. The zero-order valence-corrected chi connectivity index (χ0v) is 16.1. The molecule has 0 radical (unpaired) electrons. The highest BCUT2D eigenvalue weighted by molar-refractivity contribution is 7.47. The van der Waals surface area contributed by atoms with Gasteiger partial charge in [0, 0.05) is 11.8 Å². The van der Waals surface area contributed by atoms with Gasteiger partial charge in [0.05, 0.1) is 6.61 Å². The molecule has 3 heterocycles. The number of phosphoric acid groups is 1. The van der Waals surface area contributed by atoms with Crippen molar-refractivity contribution in [3.63, 3.8) is 0 Å². The smallest absolute Gasteiger partial charge is 0.386 e. The van der Waals surface area contributed by atoms with Gasteiger partial charge in [0.1, 0.15) is 24.1 Å². The molecule has 1 aromatic rings. The molecule has 152 valence electrons. The Morgan fingerprint density at radius 1 is 1.37 bits per heavy atom. The number of unbranched alkanes of at least 4 members (excludes halogenated alkanes) is 4. The highest BCUT2D eigenvalue weighted by Crippen LogP contribution is 2.52. The van der Waals surface area contributed by atoms with Gasteiger partial charge in [-0.3, -0.25) is 13.6 Å². The molecule has 1 aromatic heterocycles. The van der Waals surface area contributed by atoms with E-state index in [9.17, 15) is 19.4 Å². The van der Waals surface area contributed by atoms with Crippen LogP contribution in [-0.4, -0.2) is 44.5 Å². The number of aryl methyl sites for hydroxylation is 1. The van der Waals surface area contributed by atoms with E-state index < -0.39 is 38.1 Å². The second-order valence-corrected chi connectivity index (χ2v) is 8.30. The quantitative estimate of drug-likeness (QED) is 0.450. The first-order chi connectivity index (χ1) is 12.8. The summed E-state index contributed by atoms with van der Waals surface area (Å²) in [5, 5.41) is 10.5. The Morgan fingerprint density at radius 2 is 2.11 bits per heavy atom. The van der Waals surface area contributed by atoms with E-state index in [4.69, 9.17) is 19.5 Å². The van der Waals surface area contributed by atoms with Crippen LogP contribution in [0.2, 0.25) is 0 Å². The third-order valence-corrected chi connectivity index (χ3v) is 5.84. The second-order valence-electron chi connectivity index (χ2n) is 6.90. The summed E-state index contributed by atoms with van der Waals surface area (Å²) in [5.74, 6) is 0.163. The molecule has 4 N–H and O–H groups in total. The molecule has 5 atom stereocenters. The number of aromatic nitrogens is 2. The van der Waals surface area contributed by atoms with Gasteiger partial charge < -0.3 is 20.5 Å². The number of phosphoric ester groups is 1. The summed E-state index contributed by atoms with van der Waals surface area (Å²) in [6.07, 6.45) is 3.37. The lowest BCUT2D eigenvalue weighted by Gasteiger charge is -2.27. The number of hydrogen-bond acceptors (Lipinski definition) is 8. The molecule has 0 aromatic carbocycles. The SMILES string of the molecule is CCCCCCCc1cn([C@@H]2O[C@@H]3COP(=O)(O)O[C@H]3[C@H]2O)c(=O)nc1N. The summed E-state index contributed by atoms with van der Waals surface area (Å²) >= 11 is 0. The first-order valence-corrected chi connectivity index (χ1v) is 10.7. The van der Waals surface area contributed by atoms with E-state index in [-0.39, 0.29) is 12.4 Å². The van der Waals surface area contributed by atoms with E-state index in [0.29, 0.717) is 12.0 Å². The summed E-state index contributed by atoms with van der Waals surface area (Å²) in [6.45, 7) is 1.93. The fourth-order valence-electron chi connectivity index (χ4n) is 3.38. The van der Waals surface area contributed by atoms with Crippen LogP contribution in [0.4, 0.5) is 5.82 Å². The number of fused-ring (bicyclic) bond motifs is 1. The van der Waals surface area contributed by atoms with Gasteiger partial charge in [0.2, 0.25) is 0 Å². The molecule has 1 unspecified atom stereocenters. The number of nitrogen functional groups attached to an aromatic ring is 1. The Bertz CT molecular complexity index is 771. The number of aliphatic hydroxyl groups is 1. The van der Waals surface area contributed by atoms with Gasteiger partial charge in [0.15, 0.2) is 6.23 Å². The number of aliphatic hydroxyl groups excluding tert-OH is 1. The van der Waals surface area contributed by atoms with Crippen molar-refractivity contribution in [1.82, 2.24) is 9.55 Å². The monoisotopic (exact) mass is 403 g/mol. The Morgan fingerprint density at radius 3 is 2.85 bits per heavy atom. The third kappa shape index (κ3) is 4.59. The van der Waals surface area contributed by atoms with Gasteiger partial charge in [0.25, 0.3) is 0 Å². The minimum atomic E-state index is -4.23. The second kappa shape index (κ2) is 8.38. The van der Waals surface area contributed by atoms with Crippen LogP contribution in [0.25, 0.3) is 0 Å². The Hall–Kier alpha value is -1.29. The lowest BCUT2D eigenvalue weighted by atomic mass is 10.1. The van der Waals surface area contributed by atoms with Crippen molar-refractivity contribution < 1.29 is 28.3 Å². The molecule has 2 aliphatic rings. The Kier molecular flexibility index (Phi) is 6.35. The van der Waals surface area contributed by atoms with Crippen LogP contribution in [0.3, 0.4) is 0 Å². The van der Waals surface area contributed by atoms with Crippen LogP contribution in [0, 0.1) is 0 Å². The fraction of sp³-hybridized carbons (Fsp3) is 0.750. The van der Waals surface area contributed by atoms with Crippen LogP contribution >= 0.6 is 7.82 Å². The fourth-order valence-corrected chi connectivity index (χ4v) is 4.35. The number of anilines is 1. The predicted molar refractivity (Wildman–Crippen MR) is 95.9 cm³/mol. The maximum absolute atomic E-state index is 12.3. The van der Waals surface area contributed by atoms with Crippen molar-refractivity contribution in [2.24, 2.45) is 0 Å². The van der Waals surface area contributed by atoms with E-state index in [1.54, 1.807) is 0 Å². The van der Waals surface area contributed by atoms with Crippen molar-refractivity contribution in [3.8, 4) is 0 Å². The van der Waals surface area contributed by atoms with E-state index in [1.807, 2.05) is 0 Å². The molecule has 0 bridgehead atoms. The molecule has 2 fully saturated rings. The van der Waals surface area contributed by atoms with Crippen LogP contribution in [0.1, 0.15) is 50.8 Å². The van der Waals surface area contributed by atoms with Gasteiger partial charge >= 0.3 is 13.5 Å². The predicted octanol–water partition coefficient (Wildman–Crippen LogP) is 1.11. The molecule has 2 saturated heterocycles. The number of nitrogens with zero attached hydrogens (tertiary/aromatic N) is 2. The average molecular weight is 403 g/mol. The minimum absolute atomic E-state index is 0.163. The van der Waals surface area contributed by atoms with Crippen LogP contribution in [0.15, 0.2) is 11.0 Å². The van der Waals surface area contributed by atoms with Gasteiger partial charge in [-0.05, 0) is 12.8 Å². The molecule has 27 heavy (non-hydrogen) atoms.